The van der Waals surface area contributed by atoms with E-state index in [4.69, 9.17) is 5.73 Å². The maximum absolute atomic E-state index is 14.2. The van der Waals surface area contributed by atoms with Crippen LogP contribution in [0.25, 0.3) is 27.7 Å². The highest BCUT2D eigenvalue weighted by molar-refractivity contribution is 6.24. The van der Waals surface area contributed by atoms with Gasteiger partial charge in [-0.15, -0.1) is 0 Å². The van der Waals surface area contributed by atoms with Crippen LogP contribution in [-0.2, 0) is 14.4 Å². The van der Waals surface area contributed by atoms with Crippen molar-refractivity contribution in [3.05, 3.63) is 82.1 Å². The van der Waals surface area contributed by atoms with Crippen LogP contribution in [0.15, 0.2) is 65.4 Å². The number of Topliss-reactive ketones (excluding diaryl/α,β-unsaturated/α-hetero) is 2. The number of rotatable bonds is 4. The highest BCUT2D eigenvalue weighted by Gasteiger charge is 2.68. The number of nitrogens with two attached hydrogens (primary N) is 1. The van der Waals surface area contributed by atoms with Crippen LogP contribution in [0.1, 0.15) is 34.3 Å². The Morgan fingerprint density at radius 1 is 0.977 bits per heavy atom. The summed E-state index contributed by atoms with van der Waals surface area (Å²) in [6.45, 7) is 1.68. The molecule has 11 heteroatoms. The Hall–Kier alpha value is -4.84. The van der Waals surface area contributed by atoms with Crippen LogP contribution in [0.4, 0.5) is 0 Å². The highest BCUT2D eigenvalue weighted by Crippen LogP contribution is 2.57. The molecule has 1 fully saturated rings. The fourth-order valence-corrected chi connectivity index (χ4v) is 7.59. The lowest BCUT2D eigenvalue weighted by molar-refractivity contribution is -0.169. The third-order valence-corrected chi connectivity index (χ3v) is 9.48. The van der Waals surface area contributed by atoms with Crippen molar-refractivity contribution in [2.75, 3.05) is 14.1 Å². The summed E-state index contributed by atoms with van der Waals surface area (Å²) >= 11 is 0. The van der Waals surface area contributed by atoms with E-state index in [1.54, 1.807) is 43.3 Å². The summed E-state index contributed by atoms with van der Waals surface area (Å²) in [4.78, 5) is 52.9. The van der Waals surface area contributed by atoms with Crippen molar-refractivity contribution in [3.63, 3.8) is 0 Å². The summed E-state index contributed by atoms with van der Waals surface area (Å²) in [6.07, 6.45) is -0.969. The number of aromatic hydroxyl groups is 1. The van der Waals surface area contributed by atoms with E-state index in [-0.39, 0.29) is 11.3 Å². The molecule has 0 heterocycles. The number of amides is 1. The van der Waals surface area contributed by atoms with Gasteiger partial charge in [-0.05, 0) is 53.5 Å². The fraction of sp³-hybridized carbons (Fsp3) is 0.273. The van der Waals surface area contributed by atoms with Crippen molar-refractivity contribution in [2.24, 2.45) is 17.6 Å². The zero-order valence-corrected chi connectivity index (χ0v) is 24.0. The number of nitrogens with zero attached hydrogens (tertiary/aromatic N) is 1. The van der Waals surface area contributed by atoms with E-state index in [1.807, 2.05) is 6.07 Å². The van der Waals surface area contributed by atoms with Gasteiger partial charge in [0.1, 0.15) is 22.8 Å². The van der Waals surface area contributed by atoms with Crippen LogP contribution in [0.5, 0.6) is 5.75 Å². The van der Waals surface area contributed by atoms with Crippen LogP contribution in [0.3, 0.4) is 0 Å². The molecule has 44 heavy (non-hydrogen) atoms. The Bertz CT molecular complexity index is 1890. The number of carbonyl (C=O) groups is 4. The number of hydrogen-bond donors (Lipinski definition) is 6. The predicted octanol–water partition coefficient (Wildman–Crippen LogP) is 2.13. The third kappa shape index (κ3) is 3.60. The van der Waals surface area contributed by atoms with Gasteiger partial charge in [0.05, 0.1) is 23.6 Å². The molecular weight excluding hydrogens is 568 g/mol. The zero-order valence-electron chi connectivity index (χ0n) is 24.0. The minimum atomic E-state index is -2.99. The van der Waals surface area contributed by atoms with Gasteiger partial charge in [-0.25, -0.2) is 0 Å². The van der Waals surface area contributed by atoms with Gasteiger partial charge in [0.25, 0.3) is 5.91 Å². The molecule has 0 spiro atoms. The monoisotopic (exact) mass is 598 g/mol. The number of phenolic OH excluding ortho intramolecular Hbond substituents is 1. The number of benzene rings is 3. The summed E-state index contributed by atoms with van der Waals surface area (Å²) in [5.41, 5.74) is 2.89. The van der Waals surface area contributed by atoms with E-state index < -0.39 is 75.6 Å². The number of likely N-dealkylation sites (N-methyl/N-ethyl adjacent to an activating group) is 1. The van der Waals surface area contributed by atoms with E-state index in [0.29, 0.717) is 33.0 Å². The SMILES string of the molecule is C[C@H]1c2c(-c3ccc(C=O)c4ccccc34)ccc(O)c2C(O)=C2C(=O)[C@]3(O)C(O)=C(C(N)=O)C(=O)[C@@H](N(C)C)[C@@H]3[C@@H](O)[C@@H]21. The maximum Gasteiger partial charge on any atom is 0.255 e. The lowest BCUT2D eigenvalue weighted by Gasteiger charge is -2.53. The molecule has 6 atom stereocenters. The molecule has 1 saturated carbocycles. The van der Waals surface area contributed by atoms with Crippen LogP contribution in [0.2, 0.25) is 0 Å². The largest absolute Gasteiger partial charge is 0.508 e. The molecule has 0 unspecified atom stereocenters. The fourth-order valence-electron chi connectivity index (χ4n) is 7.59. The number of aliphatic hydroxyl groups excluding tert-OH is 3. The number of carbonyl (C=O) groups excluding carboxylic acids is 4. The average Bonchev–Trinajstić information content (AvgIpc) is 2.98. The number of aliphatic hydroxyl groups is 4. The van der Waals surface area contributed by atoms with Gasteiger partial charge in [0.2, 0.25) is 5.78 Å². The van der Waals surface area contributed by atoms with E-state index in [0.717, 1.165) is 6.29 Å². The normalized spacial score (nSPS) is 28.2. The van der Waals surface area contributed by atoms with Crippen molar-refractivity contribution >= 4 is 40.3 Å². The number of hydrogen-bond acceptors (Lipinski definition) is 10. The van der Waals surface area contributed by atoms with Crippen molar-refractivity contribution in [2.45, 2.75) is 30.6 Å². The molecule has 7 N–H and O–H groups in total. The first-order chi connectivity index (χ1) is 20.8. The molecule has 1 amide bonds. The summed E-state index contributed by atoms with van der Waals surface area (Å²) in [5.74, 6) is -9.63. The average molecular weight is 599 g/mol. The molecule has 0 aliphatic heterocycles. The van der Waals surface area contributed by atoms with E-state index in [9.17, 15) is 44.7 Å². The lowest BCUT2D eigenvalue weighted by atomic mass is 9.54. The molecule has 3 aromatic carbocycles. The molecule has 226 valence electrons. The topological polar surface area (TPSA) is 199 Å². The Labute approximate surface area is 251 Å². The molecule has 3 aromatic rings. The van der Waals surface area contributed by atoms with Crippen LogP contribution in [0, 0.1) is 11.8 Å². The first-order valence-electron chi connectivity index (χ1n) is 13.9. The number of phenols is 1. The Balaban J connectivity index is 1.66. The second-order valence-electron chi connectivity index (χ2n) is 11.8. The molecule has 0 aromatic heterocycles. The molecule has 6 rings (SSSR count). The van der Waals surface area contributed by atoms with Crippen LogP contribution < -0.4 is 5.73 Å². The molecule has 11 nitrogen and oxygen atoms in total. The van der Waals surface area contributed by atoms with Crippen molar-refractivity contribution in [1.29, 1.82) is 0 Å². The number of primary amides is 1. The molecule has 0 radical (unpaired) electrons. The van der Waals surface area contributed by atoms with Crippen molar-refractivity contribution in [3.8, 4) is 16.9 Å². The summed E-state index contributed by atoms with van der Waals surface area (Å²) < 4.78 is 0. The molecule has 3 aliphatic rings. The number of fused-ring (bicyclic) bond motifs is 4. The van der Waals surface area contributed by atoms with Gasteiger partial charge in [-0.2, -0.15) is 0 Å². The summed E-state index contributed by atoms with van der Waals surface area (Å²) in [6, 6.07) is 12.1. The first-order valence-corrected chi connectivity index (χ1v) is 13.9. The second kappa shape index (κ2) is 9.84. The maximum atomic E-state index is 14.2. The second-order valence-corrected chi connectivity index (χ2v) is 11.8. The van der Waals surface area contributed by atoms with Gasteiger partial charge < -0.3 is 31.3 Å². The molecular formula is C33H30N2O9. The zero-order chi connectivity index (χ0) is 32.0. The number of aldehydes is 1. The first kappa shape index (κ1) is 29.2. The van der Waals surface area contributed by atoms with Crippen LogP contribution in [-0.4, -0.2) is 86.0 Å². The minimum absolute atomic E-state index is 0.109. The molecule has 3 aliphatic carbocycles. The van der Waals surface area contributed by atoms with Gasteiger partial charge in [0.15, 0.2) is 17.7 Å². The minimum Gasteiger partial charge on any atom is -0.508 e. The Kier molecular flexibility index (Phi) is 6.54. The summed E-state index contributed by atoms with van der Waals surface area (Å²) in [5, 5.41) is 59.0. The van der Waals surface area contributed by atoms with Crippen molar-refractivity contribution in [1.82, 2.24) is 4.90 Å². The highest BCUT2D eigenvalue weighted by atomic mass is 16.4. The van der Waals surface area contributed by atoms with Gasteiger partial charge in [-0.1, -0.05) is 49.4 Å². The number of ketones is 2. The lowest BCUT2D eigenvalue weighted by Crippen LogP contribution is -2.70. The molecule has 0 saturated heterocycles. The third-order valence-electron chi connectivity index (χ3n) is 9.48. The van der Waals surface area contributed by atoms with E-state index >= 15 is 0 Å². The quantitative estimate of drug-likeness (QED) is 0.191. The van der Waals surface area contributed by atoms with Gasteiger partial charge >= 0.3 is 0 Å². The van der Waals surface area contributed by atoms with Gasteiger partial charge in [-0.3, -0.25) is 24.1 Å². The van der Waals surface area contributed by atoms with E-state index in [2.05, 4.69) is 0 Å². The standard InChI is InChI=1S/C33H30N2O9/c1-13-20-18(17-9-8-14(12-36)15-6-4-5-7-16(15)17)10-11-19(37)22(20)27(38)23-21(13)28(39)25-26(35(2)3)29(40)24(32(34)43)31(42)33(25,44)30(23)41/h4-13,21,25-26,28,37-39,42,44H,1-3H3,(H2,34,43)/t13-,21+,25+,26-,28-,33-/m0/s1. The predicted molar refractivity (Wildman–Crippen MR) is 159 cm³/mol. The van der Waals surface area contributed by atoms with Gasteiger partial charge in [0, 0.05) is 17.1 Å². The smallest absolute Gasteiger partial charge is 0.255 e. The molecule has 0 bridgehead atoms. The Morgan fingerprint density at radius 2 is 1.61 bits per heavy atom. The van der Waals surface area contributed by atoms with Crippen molar-refractivity contribution < 1.29 is 44.7 Å². The van der Waals surface area contributed by atoms with Crippen LogP contribution >= 0.6 is 0 Å². The van der Waals surface area contributed by atoms with E-state index in [1.165, 1.54) is 25.1 Å². The Morgan fingerprint density at radius 3 is 2.23 bits per heavy atom. The summed E-state index contributed by atoms with van der Waals surface area (Å²) in [7, 11) is 2.90.